The van der Waals surface area contributed by atoms with Crippen molar-refractivity contribution in [2.75, 3.05) is 0 Å². The standard InChI is InChI=1S/C73H63N5O.Pt/c1-71(2,3)46-48-37-38-74-69(39-48)78-65-36-33-54(77-63-29-15-13-25-59(63)60-26-14-16-30-64(60)77)44-62(65)61-35-34-56(45-68(61)78)79-55-24-19-23-53(43-55)75-47-76(67-32-18-17-31-66(67)75)70-57(49-21-11-10-12-22-49)27-20-28-58(70)50-40-51(72(4,5)6)42-52(41-50)73(7,8)9;/h10-42,44H,46H2,1-9H3;/q-2;. The number of nitrogens with zero attached hydrogens (tertiary/aromatic N) is 5. The van der Waals surface area contributed by atoms with Gasteiger partial charge in [-0.05, 0) is 115 Å². The fourth-order valence-electron chi connectivity index (χ4n) is 11.5. The minimum atomic E-state index is -0.0538. The van der Waals surface area contributed by atoms with Crippen molar-refractivity contribution < 1.29 is 30.4 Å². The van der Waals surface area contributed by atoms with E-state index in [4.69, 9.17) is 9.72 Å². The zero-order chi connectivity index (χ0) is 54.4. The van der Waals surface area contributed by atoms with Crippen molar-refractivity contribution in [3.8, 4) is 56.6 Å². The Labute approximate surface area is 483 Å². The van der Waals surface area contributed by atoms with Crippen LogP contribution in [-0.4, -0.2) is 18.7 Å². The van der Waals surface area contributed by atoms with Crippen LogP contribution in [0.25, 0.3) is 99.8 Å². The Hall–Kier alpha value is -8.31. The predicted octanol–water partition coefficient (Wildman–Crippen LogP) is 18.2. The Morgan fingerprint density at radius 3 is 1.79 bits per heavy atom. The largest absolute Gasteiger partial charge is 0.510 e. The third-order valence-corrected chi connectivity index (χ3v) is 15.3. The maximum absolute atomic E-state index is 6.86. The second-order valence-corrected chi connectivity index (χ2v) is 24.4. The monoisotopic (exact) mass is 1220 g/mol. The van der Waals surface area contributed by atoms with E-state index in [0.717, 1.165) is 78.8 Å². The molecule has 0 aliphatic heterocycles. The van der Waals surface area contributed by atoms with Crippen molar-refractivity contribution in [3.63, 3.8) is 0 Å². The van der Waals surface area contributed by atoms with E-state index >= 15 is 0 Å². The smallest absolute Gasteiger partial charge is 0.268 e. The molecular weight excluding hydrogens is 1160 g/mol. The second kappa shape index (κ2) is 20.1. The van der Waals surface area contributed by atoms with Gasteiger partial charge < -0.3 is 18.4 Å². The van der Waals surface area contributed by atoms with Gasteiger partial charge in [0.15, 0.2) is 0 Å². The summed E-state index contributed by atoms with van der Waals surface area (Å²) in [6.45, 7) is 20.6. The van der Waals surface area contributed by atoms with Crippen LogP contribution in [0.1, 0.15) is 79.0 Å². The molecule has 6 nitrogen and oxygen atoms in total. The molecule has 0 amide bonds. The van der Waals surface area contributed by atoms with Gasteiger partial charge in [0.2, 0.25) is 0 Å². The maximum Gasteiger partial charge on any atom is 0.268 e. The van der Waals surface area contributed by atoms with Gasteiger partial charge in [0, 0.05) is 60.7 Å². The summed E-state index contributed by atoms with van der Waals surface area (Å²) in [4.78, 5) is 5.03. The molecule has 9 aromatic carbocycles. The van der Waals surface area contributed by atoms with Gasteiger partial charge in [0.1, 0.15) is 5.82 Å². The van der Waals surface area contributed by atoms with Gasteiger partial charge in [-0.25, -0.2) is 4.98 Å². The SMILES string of the molecule is CC(C)(C)Cc1ccnc(-n2c3[c-]c(Oc4[c-]c(-n5[c-][n+](-c6c(-c7ccccc7)cccc6-c6cc(C(C)(C)C)cc(C(C)(C)C)c6)c6ccccc65)ccc4)ccc3c3cc(-n4c5ccccc5c5ccccc54)ccc32)c1.[Pt]. The normalized spacial score (nSPS) is 12.3. The van der Waals surface area contributed by atoms with Crippen molar-refractivity contribution in [1.82, 2.24) is 18.7 Å². The molecule has 0 saturated heterocycles. The van der Waals surface area contributed by atoms with Crippen molar-refractivity contribution in [1.29, 1.82) is 0 Å². The zero-order valence-electron chi connectivity index (χ0n) is 46.8. The number of imidazole rings is 1. The van der Waals surface area contributed by atoms with Crippen LogP contribution in [0.2, 0.25) is 0 Å². The van der Waals surface area contributed by atoms with Gasteiger partial charge in [-0.1, -0.05) is 195 Å². The van der Waals surface area contributed by atoms with Gasteiger partial charge in [-0.2, -0.15) is 18.2 Å². The molecule has 13 aromatic rings. The molecule has 4 aromatic heterocycles. The average molecular weight is 1220 g/mol. The van der Waals surface area contributed by atoms with Crippen LogP contribution >= 0.6 is 0 Å². The van der Waals surface area contributed by atoms with E-state index in [0.29, 0.717) is 11.5 Å². The number of para-hydroxylation sites is 5. The first-order valence-electron chi connectivity index (χ1n) is 27.5. The van der Waals surface area contributed by atoms with Gasteiger partial charge in [-0.15, -0.1) is 29.7 Å². The van der Waals surface area contributed by atoms with Crippen LogP contribution in [0.15, 0.2) is 206 Å². The molecule has 398 valence electrons. The van der Waals surface area contributed by atoms with Gasteiger partial charge in [0.25, 0.3) is 6.33 Å². The van der Waals surface area contributed by atoms with Crippen LogP contribution in [-0.2, 0) is 38.3 Å². The van der Waals surface area contributed by atoms with Gasteiger partial charge >= 0.3 is 0 Å². The van der Waals surface area contributed by atoms with E-state index in [9.17, 15) is 0 Å². The van der Waals surface area contributed by atoms with E-state index in [2.05, 4.69) is 281 Å². The minimum Gasteiger partial charge on any atom is -0.510 e. The molecule has 4 heterocycles. The maximum atomic E-state index is 6.86. The van der Waals surface area contributed by atoms with Crippen molar-refractivity contribution >= 4 is 54.6 Å². The van der Waals surface area contributed by atoms with Gasteiger partial charge in [0.05, 0.1) is 27.8 Å². The summed E-state index contributed by atoms with van der Waals surface area (Å²) in [6, 6.07) is 79.2. The molecule has 0 N–H and O–H groups in total. The second-order valence-electron chi connectivity index (χ2n) is 24.4. The molecule has 0 radical (unpaired) electrons. The Bertz CT molecular complexity index is 4410. The van der Waals surface area contributed by atoms with E-state index in [1.54, 1.807) is 0 Å². The number of pyridine rings is 1. The van der Waals surface area contributed by atoms with Crippen LogP contribution in [0.5, 0.6) is 11.5 Å². The summed E-state index contributed by atoms with van der Waals surface area (Å²) < 4.78 is 15.8. The van der Waals surface area contributed by atoms with Crippen molar-refractivity contribution in [2.24, 2.45) is 5.41 Å². The zero-order valence-corrected chi connectivity index (χ0v) is 49.1. The summed E-state index contributed by atoms with van der Waals surface area (Å²) in [5, 5.41) is 4.62. The molecule has 7 heteroatoms. The molecule has 0 spiro atoms. The first-order valence-corrected chi connectivity index (χ1v) is 27.5. The molecule has 0 atom stereocenters. The van der Waals surface area contributed by atoms with Crippen LogP contribution in [0.4, 0.5) is 0 Å². The average Bonchev–Trinajstić information content (AvgIpc) is 4.27. The molecule has 0 bridgehead atoms. The third-order valence-electron chi connectivity index (χ3n) is 15.3. The first-order chi connectivity index (χ1) is 38.0. The molecular formula is C73H63N5OPt-2. The first kappa shape index (κ1) is 52.4. The van der Waals surface area contributed by atoms with Crippen LogP contribution in [0, 0.1) is 23.9 Å². The minimum absolute atomic E-state index is 0. The summed E-state index contributed by atoms with van der Waals surface area (Å²) >= 11 is 0. The Morgan fingerprint density at radius 2 is 1.10 bits per heavy atom. The fraction of sp³-hybridized carbons (Fsp3) is 0.178. The van der Waals surface area contributed by atoms with Crippen molar-refractivity contribution in [2.45, 2.75) is 79.6 Å². The number of rotatable bonds is 9. The van der Waals surface area contributed by atoms with Crippen LogP contribution in [0.3, 0.4) is 0 Å². The Kier molecular flexibility index (Phi) is 13.2. The topological polar surface area (TPSA) is 40.8 Å². The number of benzene rings is 9. The molecule has 13 rings (SSSR count). The van der Waals surface area contributed by atoms with E-state index in [1.165, 1.54) is 44.1 Å². The third kappa shape index (κ3) is 9.54. The Balaban J connectivity index is 0.00000637. The number of ether oxygens (including phenoxy) is 1. The fourth-order valence-corrected chi connectivity index (χ4v) is 11.5. The van der Waals surface area contributed by atoms with Crippen molar-refractivity contribution in [3.05, 3.63) is 242 Å². The molecule has 0 unspecified atom stereocenters. The quantitative estimate of drug-likeness (QED) is 0.107. The van der Waals surface area contributed by atoms with E-state index in [1.807, 2.05) is 24.4 Å². The molecule has 0 aliphatic rings. The van der Waals surface area contributed by atoms with Crippen LogP contribution < -0.4 is 9.30 Å². The van der Waals surface area contributed by atoms with E-state index in [-0.39, 0.29) is 37.3 Å². The van der Waals surface area contributed by atoms with Gasteiger partial charge in [-0.3, -0.25) is 4.57 Å². The number of hydrogen-bond donors (Lipinski definition) is 0. The molecule has 0 fully saturated rings. The molecule has 0 aliphatic carbocycles. The summed E-state index contributed by atoms with van der Waals surface area (Å²) in [7, 11) is 0. The van der Waals surface area contributed by atoms with E-state index < -0.39 is 0 Å². The number of aromatic nitrogens is 5. The molecule has 80 heavy (non-hydrogen) atoms. The molecule has 0 saturated carbocycles. The summed E-state index contributed by atoms with van der Waals surface area (Å²) in [5.41, 5.74) is 17.6. The number of fused-ring (bicyclic) bond motifs is 7. The summed E-state index contributed by atoms with van der Waals surface area (Å²) in [5.74, 6) is 1.97. The number of hydrogen-bond acceptors (Lipinski definition) is 2. The predicted molar refractivity (Wildman–Crippen MR) is 326 cm³/mol. The summed E-state index contributed by atoms with van der Waals surface area (Å²) in [6.07, 6.45) is 6.72. The Morgan fingerprint density at radius 1 is 0.487 bits per heavy atom.